The predicted molar refractivity (Wildman–Crippen MR) is 125 cm³/mol. The Bertz CT molecular complexity index is 1210. The molecule has 0 radical (unpaired) electrons. The number of hydrogen-bond donors (Lipinski definition) is 2. The topological polar surface area (TPSA) is 67.4 Å². The van der Waals surface area contributed by atoms with Crippen molar-refractivity contribution in [1.82, 2.24) is 10.6 Å². The first-order valence-electron chi connectivity index (χ1n) is 10.7. The molecule has 0 spiro atoms. The van der Waals surface area contributed by atoms with E-state index in [1.54, 1.807) is 12.2 Å². The number of ether oxygens (including phenoxy) is 1. The predicted octanol–water partition coefficient (Wildman–Crippen LogP) is 5.97. The molecule has 37 heavy (non-hydrogen) atoms. The van der Waals surface area contributed by atoms with Crippen LogP contribution in [0, 0.1) is 6.92 Å². The Morgan fingerprint density at radius 2 is 1.65 bits per heavy atom. The van der Waals surface area contributed by atoms with Crippen molar-refractivity contribution in [1.29, 1.82) is 0 Å². The smallest absolute Gasteiger partial charge is 0.352 e. The van der Waals surface area contributed by atoms with Gasteiger partial charge < -0.3 is 15.4 Å². The molecule has 1 heterocycles. The van der Waals surface area contributed by atoms with Crippen molar-refractivity contribution in [3.8, 4) is 0 Å². The number of rotatable bonds is 7. The van der Waals surface area contributed by atoms with E-state index in [2.05, 4.69) is 5.32 Å². The number of carbonyl (C=O) groups excluding carboxylic acids is 2. The largest absolute Gasteiger partial charge is 0.425 e. The zero-order chi connectivity index (χ0) is 27.6. The molecular formula is C24H20Cl2F6N2O3. The molecule has 2 amide bonds. The Balaban J connectivity index is 1.75. The van der Waals surface area contributed by atoms with E-state index < -0.39 is 36.3 Å². The van der Waals surface area contributed by atoms with Gasteiger partial charge in [-0.15, -0.1) is 0 Å². The first-order chi connectivity index (χ1) is 17.1. The lowest BCUT2D eigenvalue weighted by Crippen LogP contribution is -2.41. The third-order valence-corrected chi connectivity index (χ3v) is 5.95. The Morgan fingerprint density at radius 3 is 2.22 bits per heavy atom. The van der Waals surface area contributed by atoms with Crippen LogP contribution in [0.15, 0.2) is 42.5 Å². The summed E-state index contributed by atoms with van der Waals surface area (Å²) in [5.74, 6) is -1.48. The van der Waals surface area contributed by atoms with Gasteiger partial charge in [0.2, 0.25) is 11.5 Å². The molecule has 200 valence electrons. The van der Waals surface area contributed by atoms with Gasteiger partial charge in [0, 0.05) is 28.6 Å². The molecule has 2 aromatic carbocycles. The average Bonchev–Trinajstić information content (AvgIpc) is 3.23. The van der Waals surface area contributed by atoms with Crippen molar-refractivity contribution in [3.05, 3.63) is 74.8 Å². The first kappa shape index (κ1) is 28.8. The van der Waals surface area contributed by atoms with E-state index in [1.165, 1.54) is 24.3 Å². The summed E-state index contributed by atoms with van der Waals surface area (Å²) in [4.78, 5) is 23.9. The van der Waals surface area contributed by atoms with Gasteiger partial charge in [-0.25, -0.2) is 0 Å². The lowest BCUT2D eigenvalue weighted by Gasteiger charge is -2.30. The molecule has 0 fully saturated rings. The first-order valence-corrected chi connectivity index (χ1v) is 11.5. The summed E-state index contributed by atoms with van der Waals surface area (Å²) in [7, 11) is 0. The van der Waals surface area contributed by atoms with Gasteiger partial charge in [-0.1, -0.05) is 35.3 Å². The number of amides is 2. The fourth-order valence-corrected chi connectivity index (χ4v) is 4.27. The summed E-state index contributed by atoms with van der Waals surface area (Å²) in [6.07, 6.45) is -8.79. The molecule has 13 heteroatoms. The van der Waals surface area contributed by atoms with Crippen LogP contribution >= 0.6 is 23.2 Å². The van der Waals surface area contributed by atoms with E-state index in [-0.39, 0.29) is 46.3 Å². The molecule has 3 rings (SSSR count). The number of alkyl halides is 6. The molecule has 1 atom stereocenters. The second-order valence-corrected chi connectivity index (χ2v) is 9.15. The molecule has 1 aliphatic heterocycles. The average molecular weight is 569 g/mol. The maximum absolute atomic E-state index is 14.2. The lowest BCUT2D eigenvalue weighted by molar-refractivity contribution is -0.254. The second kappa shape index (κ2) is 10.9. The normalized spacial score (nSPS) is 17.9. The van der Waals surface area contributed by atoms with Gasteiger partial charge >= 0.3 is 12.4 Å². The summed E-state index contributed by atoms with van der Waals surface area (Å²) >= 11 is 11.8. The number of aryl methyl sites for hydroxylation is 1. The van der Waals surface area contributed by atoms with Crippen molar-refractivity contribution in [3.63, 3.8) is 0 Å². The number of carbonyl (C=O) groups is 2. The highest BCUT2D eigenvalue weighted by atomic mass is 35.5. The monoisotopic (exact) mass is 568 g/mol. The fourth-order valence-electron chi connectivity index (χ4n) is 3.74. The minimum atomic E-state index is -4.83. The third kappa shape index (κ3) is 6.97. The SMILES string of the molecule is Cc1cc(C2=CC(c3cc(Cl)cc(Cl)c3)(C(F)(F)F)OC2)ccc1C(=O)NCCC(=O)NCC(F)(F)F. The molecule has 0 aromatic heterocycles. The van der Waals surface area contributed by atoms with Crippen molar-refractivity contribution in [2.24, 2.45) is 0 Å². The van der Waals surface area contributed by atoms with Gasteiger partial charge in [0.1, 0.15) is 6.54 Å². The highest BCUT2D eigenvalue weighted by Crippen LogP contribution is 2.49. The van der Waals surface area contributed by atoms with E-state index in [4.69, 9.17) is 27.9 Å². The maximum atomic E-state index is 14.2. The standard InChI is InChI=1S/C24H20Cl2F6N2O3/c1-13-6-14(2-3-19(13)21(36)33-5-4-20(35)34-12-23(27,28)29)15-10-22(37-11-15,24(30,31)32)16-7-17(25)9-18(26)8-16/h2-3,6-10H,4-5,11-12H2,1H3,(H,33,36)(H,34,35). The Hall–Kier alpha value is -2.76. The number of halogens is 8. The van der Waals surface area contributed by atoms with Gasteiger partial charge in [-0.05, 0) is 59.5 Å². The van der Waals surface area contributed by atoms with Crippen molar-refractivity contribution in [2.75, 3.05) is 19.7 Å². The summed E-state index contributed by atoms with van der Waals surface area (Å²) in [6.45, 7) is -0.487. The molecule has 1 unspecified atom stereocenters. The Labute approximate surface area is 217 Å². The highest BCUT2D eigenvalue weighted by Gasteiger charge is 2.58. The summed E-state index contributed by atoms with van der Waals surface area (Å²) in [5, 5.41) is 4.15. The molecule has 0 saturated carbocycles. The maximum Gasteiger partial charge on any atom is 0.425 e. The van der Waals surface area contributed by atoms with E-state index >= 15 is 0 Å². The van der Waals surface area contributed by atoms with Crippen LogP contribution in [0.1, 0.15) is 33.5 Å². The summed E-state index contributed by atoms with van der Waals surface area (Å²) < 4.78 is 84.3. The van der Waals surface area contributed by atoms with Crippen molar-refractivity contribution >= 4 is 40.6 Å². The molecule has 0 aliphatic carbocycles. The molecule has 1 aliphatic rings. The summed E-state index contributed by atoms with van der Waals surface area (Å²) in [5.41, 5.74) is -1.83. The van der Waals surface area contributed by atoms with Crippen LogP contribution in [0.25, 0.3) is 5.57 Å². The zero-order valence-corrected chi connectivity index (χ0v) is 20.6. The molecule has 2 aromatic rings. The van der Waals surface area contributed by atoms with Crippen LogP contribution in [-0.2, 0) is 15.1 Å². The van der Waals surface area contributed by atoms with Crippen LogP contribution in [-0.4, -0.2) is 43.9 Å². The minimum Gasteiger partial charge on any atom is -0.352 e. The van der Waals surface area contributed by atoms with Crippen LogP contribution in [0.5, 0.6) is 0 Å². The molecule has 0 saturated heterocycles. The van der Waals surface area contributed by atoms with Gasteiger partial charge in [-0.3, -0.25) is 9.59 Å². The van der Waals surface area contributed by atoms with Crippen molar-refractivity contribution in [2.45, 2.75) is 31.3 Å². The van der Waals surface area contributed by atoms with Gasteiger partial charge in [0.25, 0.3) is 5.91 Å². The van der Waals surface area contributed by atoms with Crippen LogP contribution in [0.3, 0.4) is 0 Å². The van der Waals surface area contributed by atoms with E-state index in [1.807, 2.05) is 0 Å². The minimum absolute atomic E-state index is 0.0145. The van der Waals surface area contributed by atoms with E-state index in [0.717, 1.165) is 18.2 Å². The second-order valence-electron chi connectivity index (χ2n) is 8.28. The van der Waals surface area contributed by atoms with E-state index in [0.29, 0.717) is 11.1 Å². The zero-order valence-electron chi connectivity index (χ0n) is 19.1. The fraction of sp³-hybridized carbons (Fsp3) is 0.333. The van der Waals surface area contributed by atoms with E-state index in [9.17, 15) is 35.9 Å². The van der Waals surface area contributed by atoms with Gasteiger partial charge in [0.05, 0.1) is 6.61 Å². The molecule has 0 bridgehead atoms. The number of nitrogens with one attached hydrogen (secondary N) is 2. The van der Waals surface area contributed by atoms with Crippen LogP contribution in [0.2, 0.25) is 10.0 Å². The van der Waals surface area contributed by atoms with Gasteiger partial charge in [-0.2, -0.15) is 26.3 Å². The molecule has 5 nitrogen and oxygen atoms in total. The number of hydrogen-bond acceptors (Lipinski definition) is 3. The third-order valence-electron chi connectivity index (χ3n) is 5.51. The highest BCUT2D eigenvalue weighted by molar-refractivity contribution is 6.34. The summed E-state index contributed by atoms with van der Waals surface area (Å²) in [6, 6.07) is 7.92. The number of benzene rings is 2. The van der Waals surface area contributed by atoms with Crippen LogP contribution in [0.4, 0.5) is 26.3 Å². The van der Waals surface area contributed by atoms with Crippen LogP contribution < -0.4 is 10.6 Å². The molecule has 2 N–H and O–H groups in total. The lowest BCUT2D eigenvalue weighted by atomic mass is 9.90. The van der Waals surface area contributed by atoms with Crippen molar-refractivity contribution < 1.29 is 40.7 Å². The Kier molecular flexibility index (Phi) is 8.50. The molecular weight excluding hydrogens is 549 g/mol. The quantitative estimate of drug-likeness (QED) is 0.404. The Morgan fingerprint density at radius 1 is 1.00 bits per heavy atom. The van der Waals surface area contributed by atoms with Gasteiger partial charge in [0.15, 0.2) is 0 Å².